The number of hydrogen-bond donors (Lipinski definition) is 2. The van der Waals surface area contributed by atoms with Crippen molar-refractivity contribution in [2.45, 2.75) is 18.2 Å². The van der Waals surface area contributed by atoms with Crippen LogP contribution in [-0.2, 0) is 23.5 Å². The van der Waals surface area contributed by atoms with Crippen molar-refractivity contribution in [2.75, 3.05) is 10.5 Å². The molecule has 3 N–H and O–H groups in total. The quantitative estimate of drug-likeness (QED) is 0.845. The van der Waals surface area contributed by atoms with Gasteiger partial charge in [0.25, 0.3) is 10.0 Å². The summed E-state index contributed by atoms with van der Waals surface area (Å²) in [5.74, 6) is 0. The first-order chi connectivity index (χ1) is 9.33. The number of halogens is 1. The maximum Gasteiger partial charge on any atom is 0.262 e. The van der Waals surface area contributed by atoms with Gasteiger partial charge in [-0.3, -0.25) is 9.40 Å². The van der Waals surface area contributed by atoms with E-state index in [1.165, 1.54) is 18.2 Å². The van der Waals surface area contributed by atoms with Crippen LogP contribution in [0.5, 0.6) is 0 Å². The third-order valence-corrected chi connectivity index (χ3v) is 4.46. The van der Waals surface area contributed by atoms with Gasteiger partial charge in [0, 0.05) is 13.2 Å². The number of benzene rings is 1. The Hall–Kier alpha value is -1.73. The number of nitrogens with two attached hydrogens (primary N) is 1. The second kappa shape index (κ2) is 5.34. The first kappa shape index (κ1) is 14.7. The fourth-order valence-corrected chi connectivity index (χ4v) is 3.10. The van der Waals surface area contributed by atoms with Crippen LogP contribution in [0.1, 0.15) is 12.6 Å². The molecule has 8 heteroatoms. The van der Waals surface area contributed by atoms with Gasteiger partial charge in [0.1, 0.15) is 0 Å². The second-order valence-corrected chi connectivity index (χ2v) is 6.40. The SMILES string of the molecule is CCc1nn(C)cc1NS(=O)(=O)c1ccc(N)c(Cl)c1. The van der Waals surface area contributed by atoms with Crippen molar-refractivity contribution in [3.05, 3.63) is 35.1 Å². The molecule has 0 aliphatic rings. The summed E-state index contributed by atoms with van der Waals surface area (Å²) in [5, 5.41) is 4.39. The summed E-state index contributed by atoms with van der Waals surface area (Å²) in [7, 11) is -1.98. The van der Waals surface area contributed by atoms with Gasteiger partial charge < -0.3 is 5.73 Å². The number of anilines is 2. The summed E-state index contributed by atoms with van der Waals surface area (Å²) in [6.07, 6.45) is 2.25. The summed E-state index contributed by atoms with van der Waals surface area (Å²) < 4.78 is 28.7. The Morgan fingerprint density at radius 2 is 2.15 bits per heavy atom. The zero-order valence-corrected chi connectivity index (χ0v) is 12.7. The topological polar surface area (TPSA) is 90.0 Å². The molecular formula is C12H15ClN4O2S. The minimum absolute atomic E-state index is 0.0580. The molecule has 0 saturated carbocycles. The van der Waals surface area contributed by atoms with E-state index in [0.717, 1.165) is 0 Å². The van der Waals surface area contributed by atoms with E-state index in [4.69, 9.17) is 17.3 Å². The van der Waals surface area contributed by atoms with Crippen LogP contribution in [0.25, 0.3) is 0 Å². The van der Waals surface area contributed by atoms with E-state index in [1.54, 1.807) is 17.9 Å². The Morgan fingerprint density at radius 3 is 2.75 bits per heavy atom. The van der Waals surface area contributed by atoms with E-state index in [0.29, 0.717) is 23.5 Å². The molecule has 1 heterocycles. The smallest absolute Gasteiger partial charge is 0.262 e. The van der Waals surface area contributed by atoms with Crippen molar-refractivity contribution in [3.8, 4) is 0 Å². The standard InChI is InChI=1S/C12H15ClN4O2S/c1-3-11-12(7-17(2)15-11)16-20(18,19)8-4-5-10(14)9(13)6-8/h4-7,16H,3,14H2,1-2H3. The molecule has 1 aromatic carbocycles. The highest BCUT2D eigenvalue weighted by Crippen LogP contribution is 2.25. The Morgan fingerprint density at radius 1 is 1.45 bits per heavy atom. The van der Waals surface area contributed by atoms with Gasteiger partial charge in [-0.25, -0.2) is 8.42 Å². The minimum atomic E-state index is -3.72. The van der Waals surface area contributed by atoms with Crippen LogP contribution < -0.4 is 10.5 Å². The third-order valence-electron chi connectivity index (χ3n) is 2.77. The van der Waals surface area contributed by atoms with Crippen molar-refractivity contribution in [1.29, 1.82) is 0 Å². The van der Waals surface area contributed by atoms with Crippen molar-refractivity contribution in [1.82, 2.24) is 9.78 Å². The zero-order chi connectivity index (χ0) is 14.9. The molecule has 0 aliphatic heterocycles. The zero-order valence-electron chi connectivity index (χ0n) is 11.1. The van der Waals surface area contributed by atoms with Gasteiger partial charge in [-0.15, -0.1) is 0 Å². The lowest BCUT2D eigenvalue weighted by Crippen LogP contribution is -2.13. The highest BCUT2D eigenvalue weighted by Gasteiger charge is 2.18. The van der Waals surface area contributed by atoms with E-state index in [1.807, 2.05) is 6.92 Å². The maximum atomic E-state index is 12.3. The first-order valence-corrected chi connectivity index (χ1v) is 7.80. The molecule has 0 radical (unpaired) electrons. The number of aryl methyl sites for hydroxylation is 2. The summed E-state index contributed by atoms with van der Waals surface area (Å²) in [5.41, 5.74) is 7.05. The highest BCUT2D eigenvalue weighted by atomic mass is 35.5. The number of nitrogen functional groups attached to an aromatic ring is 1. The van der Waals surface area contributed by atoms with Gasteiger partial charge in [-0.2, -0.15) is 5.10 Å². The fraction of sp³-hybridized carbons (Fsp3) is 0.250. The van der Waals surface area contributed by atoms with Crippen molar-refractivity contribution < 1.29 is 8.42 Å². The average Bonchev–Trinajstić information content (AvgIpc) is 2.72. The lowest BCUT2D eigenvalue weighted by Gasteiger charge is -2.08. The van der Waals surface area contributed by atoms with Crippen LogP contribution in [0, 0.1) is 0 Å². The molecule has 0 amide bonds. The summed E-state index contributed by atoms with van der Waals surface area (Å²) >= 11 is 5.85. The Labute approximate surface area is 122 Å². The number of nitrogens with one attached hydrogen (secondary N) is 1. The summed E-state index contributed by atoms with van der Waals surface area (Å²) in [6, 6.07) is 4.19. The largest absolute Gasteiger partial charge is 0.398 e. The number of hydrogen-bond acceptors (Lipinski definition) is 4. The molecule has 2 aromatic rings. The van der Waals surface area contributed by atoms with E-state index >= 15 is 0 Å². The van der Waals surface area contributed by atoms with Crippen LogP contribution in [-0.4, -0.2) is 18.2 Å². The van der Waals surface area contributed by atoms with Gasteiger partial charge in [0.15, 0.2) is 0 Å². The molecule has 0 saturated heterocycles. The maximum absolute atomic E-state index is 12.3. The summed E-state index contributed by atoms with van der Waals surface area (Å²) in [4.78, 5) is 0.0580. The van der Waals surface area contributed by atoms with Crippen LogP contribution in [0.2, 0.25) is 5.02 Å². The molecule has 2 rings (SSSR count). The van der Waals surface area contributed by atoms with Crippen molar-refractivity contribution in [2.24, 2.45) is 7.05 Å². The first-order valence-electron chi connectivity index (χ1n) is 5.94. The molecule has 108 valence electrons. The van der Waals surface area contributed by atoms with Gasteiger partial charge >= 0.3 is 0 Å². The number of aromatic nitrogens is 2. The third kappa shape index (κ3) is 2.88. The van der Waals surface area contributed by atoms with E-state index < -0.39 is 10.0 Å². The molecule has 0 bridgehead atoms. The normalized spacial score (nSPS) is 11.6. The lowest BCUT2D eigenvalue weighted by atomic mass is 10.3. The monoisotopic (exact) mass is 314 g/mol. The molecule has 0 unspecified atom stereocenters. The molecule has 0 atom stereocenters. The van der Waals surface area contributed by atoms with E-state index in [-0.39, 0.29) is 9.92 Å². The molecule has 20 heavy (non-hydrogen) atoms. The minimum Gasteiger partial charge on any atom is -0.398 e. The Bertz CT molecular complexity index is 740. The molecule has 1 aromatic heterocycles. The van der Waals surface area contributed by atoms with Crippen LogP contribution in [0.3, 0.4) is 0 Å². The van der Waals surface area contributed by atoms with Crippen LogP contribution in [0.15, 0.2) is 29.3 Å². The predicted octanol–water partition coefficient (Wildman–Crippen LogP) is 2.02. The predicted molar refractivity (Wildman–Crippen MR) is 79.3 cm³/mol. The Balaban J connectivity index is 2.37. The summed E-state index contributed by atoms with van der Waals surface area (Å²) in [6.45, 7) is 1.90. The molecular weight excluding hydrogens is 300 g/mol. The van der Waals surface area contributed by atoms with Crippen molar-refractivity contribution in [3.63, 3.8) is 0 Å². The number of sulfonamides is 1. The number of rotatable bonds is 4. The molecule has 0 aliphatic carbocycles. The van der Waals surface area contributed by atoms with Gasteiger partial charge in [-0.1, -0.05) is 18.5 Å². The van der Waals surface area contributed by atoms with Crippen LogP contribution in [0.4, 0.5) is 11.4 Å². The number of nitrogens with zero attached hydrogens (tertiary/aromatic N) is 2. The van der Waals surface area contributed by atoms with Crippen molar-refractivity contribution >= 4 is 33.0 Å². The fourth-order valence-electron chi connectivity index (χ4n) is 1.76. The van der Waals surface area contributed by atoms with Crippen LogP contribution >= 0.6 is 11.6 Å². The molecule has 0 fully saturated rings. The van der Waals surface area contributed by atoms with E-state index in [9.17, 15) is 8.42 Å². The van der Waals surface area contributed by atoms with E-state index in [2.05, 4.69) is 9.82 Å². The second-order valence-electron chi connectivity index (χ2n) is 4.31. The van der Waals surface area contributed by atoms with Gasteiger partial charge in [0.05, 0.1) is 27.0 Å². The molecule has 0 spiro atoms. The lowest BCUT2D eigenvalue weighted by molar-refractivity contribution is 0.601. The highest BCUT2D eigenvalue weighted by molar-refractivity contribution is 7.92. The van der Waals surface area contributed by atoms with Gasteiger partial charge in [-0.05, 0) is 24.6 Å². The average molecular weight is 315 g/mol. The van der Waals surface area contributed by atoms with Gasteiger partial charge in [0.2, 0.25) is 0 Å². The molecule has 6 nitrogen and oxygen atoms in total. The Kier molecular flexibility index (Phi) is 3.92.